The summed E-state index contributed by atoms with van der Waals surface area (Å²) in [4.78, 5) is 13.0. The molecule has 10 heteroatoms. The van der Waals surface area contributed by atoms with Crippen LogP contribution in [0.25, 0.3) is 10.6 Å². The van der Waals surface area contributed by atoms with E-state index < -0.39 is 22.0 Å². The number of anilines is 1. The quantitative estimate of drug-likeness (QED) is 0.496. The molecule has 31 heavy (non-hydrogen) atoms. The van der Waals surface area contributed by atoms with Gasteiger partial charge in [0.05, 0.1) is 4.90 Å². The van der Waals surface area contributed by atoms with E-state index in [9.17, 15) is 13.2 Å². The van der Waals surface area contributed by atoms with E-state index in [0.29, 0.717) is 21.6 Å². The average molecular weight is 479 g/mol. The molecule has 2 atom stereocenters. The maximum Gasteiger partial charge on any atom is 0.244 e. The van der Waals surface area contributed by atoms with E-state index in [4.69, 9.17) is 11.6 Å². The molecule has 0 aliphatic heterocycles. The van der Waals surface area contributed by atoms with Crippen molar-refractivity contribution < 1.29 is 13.2 Å². The summed E-state index contributed by atoms with van der Waals surface area (Å²) in [7, 11) is -3.91. The number of sulfonamides is 1. The maximum absolute atomic E-state index is 13.0. The van der Waals surface area contributed by atoms with E-state index >= 15 is 0 Å². The zero-order valence-electron chi connectivity index (χ0n) is 17.3. The second-order valence-electron chi connectivity index (χ2n) is 7.21. The molecule has 0 radical (unpaired) electrons. The molecule has 3 aromatic rings. The van der Waals surface area contributed by atoms with Crippen LogP contribution in [0.1, 0.15) is 25.8 Å². The number of hydrogen-bond donors (Lipinski definition) is 2. The average Bonchev–Trinajstić information content (AvgIpc) is 3.20. The van der Waals surface area contributed by atoms with E-state index in [1.807, 2.05) is 45.0 Å². The van der Waals surface area contributed by atoms with E-state index in [-0.39, 0.29) is 10.8 Å². The Kier molecular flexibility index (Phi) is 7.42. The lowest BCUT2D eigenvalue weighted by molar-refractivity contribution is -0.118. The van der Waals surface area contributed by atoms with Crippen molar-refractivity contribution in [2.45, 2.75) is 38.1 Å². The Morgan fingerprint density at radius 3 is 2.52 bits per heavy atom. The first-order valence-electron chi connectivity index (χ1n) is 9.69. The van der Waals surface area contributed by atoms with Gasteiger partial charge in [0.15, 0.2) is 0 Å². The molecule has 0 fully saturated rings. The number of carbonyl (C=O) groups excluding carboxylic acids is 1. The molecule has 1 aromatic heterocycles. The van der Waals surface area contributed by atoms with Crippen LogP contribution in [0.5, 0.6) is 0 Å². The number of amides is 1. The van der Waals surface area contributed by atoms with Gasteiger partial charge in [0.25, 0.3) is 0 Å². The van der Waals surface area contributed by atoms with Gasteiger partial charge in [0.1, 0.15) is 11.0 Å². The number of halogens is 1. The Hall–Kier alpha value is -2.33. The van der Waals surface area contributed by atoms with Crippen molar-refractivity contribution in [2.75, 3.05) is 5.32 Å². The lowest BCUT2D eigenvalue weighted by atomic mass is 9.99. The molecule has 2 unspecified atom stereocenters. The highest BCUT2D eigenvalue weighted by Crippen LogP contribution is 2.27. The third-order valence-electron chi connectivity index (χ3n) is 4.82. The van der Waals surface area contributed by atoms with Gasteiger partial charge in [0.2, 0.25) is 21.1 Å². The molecule has 2 N–H and O–H groups in total. The Morgan fingerprint density at radius 2 is 1.87 bits per heavy atom. The smallest absolute Gasteiger partial charge is 0.244 e. The number of aromatic nitrogens is 2. The van der Waals surface area contributed by atoms with Crippen molar-refractivity contribution in [1.82, 2.24) is 14.9 Å². The van der Waals surface area contributed by atoms with Crippen LogP contribution in [0.3, 0.4) is 0 Å². The van der Waals surface area contributed by atoms with Crippen LogP contribution in [-0.2, 0) is 14.8 Å². The van der Waals surface area contributed by atoms with Gasteiger partial charge in [-0.15, -0.1) is 10.2 Å². The molecule has 0 saturated heterocycles. The number of nitrogens with one attached hydrogen (secondary N) is 2. The number of nitrogens with zero attached hydrogens (tertiary/aromatic N) is 2. The van der Waals surface area contributed by atoms with Gasteiger partial charge < -0.3 is 0 Å². The minimum Gasteiger partial charge on any atom is -0.299 e. The number of hydrogen-bond acceptors (Lipinski definition) is 6. The highest BCUT2D eigenvalue weighted by molar-refractivity contribution is 7.89. The molecule has 0 spiro atoms. The van der Waals surface area contributed by atoms with Crippen molar-refractivity contribution in [1.29, 1.82) is 0 Å². The summed E-state index contributed by atoms with van der Waals surface area (Å²) >= 11 is 7.07. The molecule has 0 aliphatic rings. The van der Waals surface area contributed by atoms with Gasteiger partial charge in [-0.3, -0.25) is 10.1 Å². The third kappa shape index (κ3) is 5.88. The number of aryl methyl sites for hydroxylation is 1. The monoisotopic (exact) mass is 478 g/mol. The van der Waals surface area contributed by atoms with Gasteiger partial charge in [-0.05, 0) is 43.2 Å². The van der Waals surface area contributed by atoms with Crippen molar-refractivity contribution in [3.63, 3.8) is 0 Å². The van der Waals surface area contributed by atoms with Crippen molar-refractivity contribution >= 4 is 44.0 Å². The topological polar surface area (TPSA) is 101 Å². The fraction of sp³-hybridized carbons (Fsp3) is 0.286. The third-order valence-corrected chi connectivity index (χ3v) is 7.42. The predicted molar refractivity (Wildman–Crippen MR) is 124 cm³/mol. The van der Waals surface area contributed by atoms with Gasteiger partial charge >= 0.3 is 0 Å². The van der Waals surface area contributed by atoms with E-state index in [0.717, 1.165) is 11.1 Å². The van der Waals surface area contributed by atoms with Gasteiger partial charge in [-0.25, -0.2) is 8.42 Å². The van der Waals surface area contributed by atoms with Crippen LogP contribution < -0.4 is 10.0 Å². The van der Waals surface area contributed by atoms with Crippen LogP contribution in [0, 0.1) is 12.8 Å². The zero-order chi connectivity index (χ0) is 22.6. The van der Waals surface area contributed by atoms with Crippen LogP contribution >= 0.6 is 22.9 Å². The number of rotatable bonds is 8. The fourth-order valence-electron chi connectivity index (χ4n) is 2.86. The Balaban J connectivity index is 1.78. The highest BCUT2D eigenvalue weighted by atomic mass is 35.5. The van der Waals surface area contributed by atoms with Crippen LogP contribution in [0.15, 0.2) is 53.4 Å². The Labute approximate surface area is 190 Å². The second kappa shape index (κ2) is 9.86. The van der Waals surface area contributed by atoms with Crippen molar-refractivity contribution in [3.05, 3.63) is 59.1 Å². The predicted octanol–water partition coefficient (Wildman–Crippen LogP) is 4.50. The van der Waals surface area contributed by atoms with Crippen LogP contribution in [-0.4, -0.2) is 30.6 Å². The largest absolute Gasteiger partial charge is 0.299 e. The molecule has 0 saturated carbocycles. The fourth-order valence-corrected chi connectivity index (χ4v) is 5.04. The highest BCUT2D eigenvalue weighted by Gasteiger charge is 2.30. The van der Waals surface area contributed by atoms with Gasteiger partial charge in [-0.2, -0.15) is 4.72 Å². The van der Waals surface area contributed by atoms with E-state index in [1.165, 1.54) is 35.6 Å². The first-order valence-corrected chi connectivity index (χ1v) is 12.4. The van der Waals surface area contributed by atoms with E-state index in [2.05, 4.69) is 20.2 Å². The van der Waals surface area contributed by atoms with Crippen LogP contribution in [0.2, 0.25) is 5.02 Å². The summed E-state index contributed by atoms with van der Waals surface area (Å²) < 4.78 is 28.1. The SMILES string of the molecule is CCC(C)C(NS(=O)(=O)c1ccc(Cl)cc1)C(=O)Nc1nnc(-c2cccc(C)c2)s1. The summed E-state index contributed by atoms with van der Waals surface area (Å²) in [5.41, 5.74) is 1.99. The lowest BCUT2D eigenvalue weighted by Gasteiger charge is -2.22. The molecule has 2 aromatic carbocycles. The van der Waals surface area contributed by atoms with Gasteiger partial charge in [0, 0.05) is 10.6 Å². The normalized spacial score (nSPS) is 13.5. The van der Waals surface area contributed by atoms with Gasteiger partial charge in [-0.1, -0.05) is 67.0 Å². The first kappa shape index (κ1) is 23.3. The second-order valence-corrected chi connectivity index (χ2v) is 10.3. The molecular weight excluding hydrogens is 456 g/mol. The van der Waals surface area contributed by atoms with Crippen LogP contribution in [0.4, 0.5) is 5.13 Å². The molecule has 1 amide bonds. The summed E-state index contributed by atoms with van der Waals surface area (Å²) in [5.74, 6) is -0.731. The standard InChI is InChI=1S/C21H23ClN4O3S2/c1-4-14(3)18(26-31(28,29)17-10-8-16(22)9-11-17)19(27)23-21-25-24-20(30-21)15-7-5-6-13(2)12-15/h5-12,14,18,26H,4H2,1-3H3,(H,23,25,27). The summed E-state index contributed by atoms with van der Waals surface area (Å²) in [6, 6.07) is 12.6. The molecular formula is C21H23ClN4O3S2. The molecule has 164 valence electrons. The Bertz CT molecular complexity index is 1160. The molecule has 0 bridgehead atoms. The molecule has 3 rings (SSSR count). The molecule has 7 nitrogen and oxygen atoms in total. The molecule has 1 heterocycles. The summed E-state index contributed by atoms with van der Waals surface area (Å²) in [5, 5.41) is 12.3. The van der Waals surface area contributed by atoms with Crippen molar-refractivity contribution in [2.24, 2.45) is 5.92 Å². The lowest BCUT2D eigenvalue weighted by Crippen LogP contribution is -2.47. The number of carbonyl (C=O) groups is 1. The summed E-state index contributed by atoms with van der Waals surface area (Å²) in [6.45, 7) is 5.69. The summed E-state index contributed by atoms with van der Waals surface area (Å²) in [6.07, 6.45) is 0.603. The first-order chi connectivity index (χ1) is 14.7. The van der Waals surface area contributed by atoms with Crippen molar-refractivity contribution in [3.8, 4) is 10.6 Å². The minimum atomic E-state index is -3.91. The zero-order valence-corrected chi connectivity index (χ0v) is 19.7. The van der Waals surface area contributed by atoms with E-state index in [1.54, 1.807) is 0 Å². The Morgan fingerprint density at radius 1 is 1.16 bits per heavy atom. The number of benzene rings is 2. The maximum atomic E-state index is 13.0. The minimum absolute atomic E-state index is 0.0376. The molecule has 0 aliphatic carbocycles.